The molecule has 0 unspecified atom stereocenters. The molecule has 1 heterocycles. The first-order chi connectivity index (χ1) is 10.2. The highest BCUT2D eigenvalue weighted by Crippen LogP contribution is 2.24. The van der Waals surface area contributed by atoms with Gasteiger partial charge in [0.05, 0.1) is 6.61 Å². The van der Waals surface area contributed by atoms with Crippen LogP contribution in [0, 0.1) is 0 Å². The van der Waals surface area contributed by atoms with Gasteiger partial charge in [-0.05, 0) is 48.9 Å². The Morgan fingerprint density at radius 3 is 2.76 bits per heavy atom. The summed E-state index contributed by atoms with van der Waals surface area (Å²) >= 11 is 0. The Morgan fingerprint density at radius 1 is 1.19 bits per heavy atom. The van der Waals surface area contributed by atoms with Crippen molar-refractivity contribution in [3.8, 4) is 5.75 Å². The molecule has 21 heavy (non-hydrogen) atoms. The fourth-order valence-electron chi connectivity index (χ4n) is 1.98. The highest BCUT2D eigenvalue weighted by atomic mass is 16.5. The van der Waals surface area contributed by atoms with E-state index in [1.165, 1.54) is 0 Å². The lowest BCUT2D eigenvalue weighted by molar-refractivity contribution is 0.317. The van der Waals surface area contributed by atoms with Crippen LogP contribution in [-0.4, -0.2) is 11.6 Å². The fourth-order valence-corrected chi connectivity index (χ4v) is 1.98. The quantitative estimate of drug-likeness (QED) is 0.694. The van der Waals surface area contributed by atoms with Gasteiger partial charge in [-0.3, -0.25) is 0 Å². The van der Waals surface area contributed by atoms with E-state index in [2.05, 4.69) is 17.2 Å². The first kappa shape index (κ1) is 13.3. The normalized spacial score (nSPS) is 10.7. The van der Waals surface area contributed by atoms with E-state index in [4.69, 9.17) is 14.9 Å². The summed E-state index contributed by atoms with van der Waals surface area (Å²) in [4.78, 5) is 4.35. The molecular weight excluding hydrogens is 266 g/mol. The molecule has 0 saturated carbocycles. The number of nitrogen functional groups attached to an aromatic ring is 1. The van der Waals surface area contributed by atoms with E-state index >= 15 is 0 Å². The lowest BCUT2D eigenvalue weighted by Gasteiger charge is -2.05. The summed E-state index contributed by atoms with van der Waals surface area (Å²) in [7, 11) is 0. The maximum absolute atomic E-state index is 5.73. The Labute approximate surface area is 122 Å². The van der Waals surface area contributed by atoms with Crippen molar-refractivity contribution in [2.45, 2.75) is 13.3 Å². The Hall–Kier alpha value is -2.69. The molecule has 5 nitrogen and oxygen atoms in total. The monoisotopic (exact) mass is 283 g/mol. The average Bonchev–Trinajstić information content (AvgIpc) is 2.88. The van der Waals surface area contributed by atoms with E-state index < -0.39 is 0 Å². The Kier molecular flexibility index (Phi) is 3.64. The van der Waals surface area contributed by atoms with Crippen molar-refractivity contribution in [2.24, 2.45) is 0 Å². The summed E-state index contributed by atoms with van der Waals surface area (Å²) in [5.74, 6) is 0.854. The van der Waals surface area contributed by atoms with Gasteiger partial charge in [0.15, 0.2) is 5.58 Å². The van der Waals surface area contributed by atoms with Gasteiger partial charge in [-0.1, -0.05) is 6.92 Å². The van der Waals surface area contributed by atoms with E-state index in [0.29, 0.717) is 17.3 Å². The SMILES string of the molecule is CCCOc1ccc(Nc2nc3cc(N)ccc3o2)cc1. The van der Waals surface area contributed by atoms with Gasteiger partial charge in [0.1, 0.15) is 11.3 Å². The van der Waals surface area contributed by atoms with Gasteiger partial charge in [-0.25, -0.2) is 0 Å². The molecule has 0 amide bonds. The molecular formula is C16H17N3O2. The van der Waals surface area contributed by atoms with Gasteiger partial charge in [-0.15, -0.1) is 0 Å². The van der Waals surface area contributed by atoms with Crippen molar-refractivity contribution in [3.63, 3.8) is 0 Å². The Balaban J connectivity index is 1.75. The molecule has 108 valence electrons. The number of nitrogens with two attached hydrogens (primary N) is 1. The number of anilines is 3. The molecule has 0 aliphatic rings. The number of aromatic nitrogens is 1. The van der Waals surface area contributed by atoms with E-state index in [1.807, 2.05) is 30.3 Å². The van der Waals surface area contributed by atoms with Crippen LogP contribution in [0.15, 0.2) is 46.9 Å². The highest BCUT2D eigenvalue weighted by molar-refractivity contribution is 5.78. The maximum atomic E-state index is 5.73. The lowest BCUT2D eigenvalue weighted by Crippen LogP contribution is -1.95. The van der Waals surface area contributed by atoms with Crippen molar-refractivity contribution in [2.75, 3.05) is 17.7 Å². The van der Waals surface area contributed by atoms with Crippen molar-refractivity contribution >= 4 is 28.5 Å². The standard InChI is InChI=1S/C16H17N3O2/c1-2-9-20-13-6-4-12(5-7-13)18-16-19-14-10-11(17)3-8-15(14)21-16/h3-8,10H,2,9,17H2,1H3,(H,18,19). The molecule has 5 heteroatoms. The molecule has 0 aliphatic heterocycles. The molecule has 0 bridgehead atoms. The minimum Gasteiger partial charge on any atom is -0.494 e. The van der Waals surface area contributed by atoms with Crippen molar-refractivity contribution in [3.05, 3.63) is 42.5 Å². The second kappa shape index (κ2) is 5.75. The molecule has 0 radical (unpaired) electrons. The topological polar surface area (TPSA) is 73.3 Å². The van der Waals surface area contributed by atoms with Crippen LogP contribution in [0.5, 0.6) is 5.75 Å². The van der Waals surface area contributed by atoms with E-state index in [-0.39, 0.29) is 0 Å². The molecule has 3 rings (SSSR count). The van der Waals surface area contributed by atoms with Gasteiger partial charge >= 0.3 is 0 Å². The van der Waals surface area contributed by atoms with Crippen LogP contribution in [0.1, 0.15) is 13.3 Å². The zero-order chi connectivity index (χ0) is 14.7. The molecule has 3 aromatic rings. The molecule has 3 N–H and O–H groups in total. The van der Waals surface area contributed by atoms with Crippen molar-refractivity contribution in [1.29, 1.82) is 0 Å². The molecule has 0 atom stereocenters. The summed E-state index contributed by atoms with van der Waals surface area (Å²) in [6.07, 6.45) is 0.992. The number of benzene rings is 2. The summed E-state index contributed by atoms with van der Waals surface area (Å²) < 4.78 is 11.2. The average molecular weight is 283 g/mol. The zero-order valence-corrected chi connectivity index (χ0v) is 11.8. The van der Waals surface area contributed by atoms with Gasteiger partial charge in [0.25, 0.3) is 6.01 Å². The number of rotatable bonds is 5. The third-order valence-corrected chi connectivity index (χ3v) is 2.99. The summed E-state index contributed by atoms with van der Waals surface area (Å²) in [6.45, 7) is 2.80. The predicted octanol–water partition coefficient (Wildman–Crippen LogP) is 3.94. The minimum atomic E-state index is 0.442. The number of oxazole rings is 1. The first-order valence-electron chi connectivity index (χ1n) is 6.90. The van der Waals surface area contributed by atoms with Crippen LogP contribution in [-0.2, 0) is 0 Å². The van der Waals surface area contributed by atoms with Gasteiger partial charge in [-0.2, -0.15) is 4.98 Å². The zero-order valence-electron chi connectivity index (χ0n) is 11.8. The van der Waals surface area contributed by atoms with Crippen molar-refractivity contribution < 1.29 is 9.15 Å². The van der Waals surface area contributed by atoms with Crippen LogP contribution in [0.25, 0.3) is 11.1 Å². The van der Waals surface area contributed by atoms with Gasteiger partial charge < -0.3 is 20.2 Å². The fraction of sp³-hybridized carbons (Fsp3) is 0.188. The Bertz CT molecular complexity index is 735. The summed E-state index contributed by atoms with van der Waals surface area (Å²) in [6, 6.07) is 13.5. The van der Waals surface area contributed by atoms with Crippen LogP contribution >= 0.6 is 0 Å². The van der Waals surface area contributed by atoms with Crippen LogP contribution < -0.4 is 15.8 Å². The van der Waals surface area contributed by atoms with Gasteiger partial charge in [0, 0.05) is 11.4 Å². The summed E-state index contributed by atoms with van der Waals surface area (Å²) in [5, 5.41) is 3.12. The molecule has 2 aromatic carbocycles. The van der Waals surface area contributed by atoms with E-state index in [9.17, 15) is 0 Å². The molecule has 0 fully saturated rings. The molecule has 1 aromatic heterocycles. The second-order valence-electron chi connectivity index (χ2n) is 4.74. The Morgan fingerprint density at radius 2 is 2.00 bits per heavy atom. The van der Waals surface area contributed by atoms with E-state index in [0.717, 1.165) is 30.0 Å². The number of hydrogen-bond donors (Lipinski definition) is 2. The number of nitrogens with one attached hydrogen (secondary N) is 1. The largest absolute Gasteiger partial charge is 0.494 e. The lowest BCUT2D eigenvalue weighted by atomic mass is 10.3. The van der Waals surface area contributed by atoms with Crippen LogP contribution in [0.2, 0.25) is 0 Å². The smallest absolute Gasteiger partial charge is 0.300 e. The minimum absolute atomic E-state index is 0.442. The van der Waals surface area contributed by atoms with Crippen molar-refractivity contribution in [1.82, 2.24) is 4.98 Å². The molecule has 0 saturated heterocycles. The van der Waals surface area contributed by atoms with Crippen LogP contribution in [0.3, 0.4) is 0 Å². The van der Waals surface area contributed by atoms with E-state index in [1.54, 1.807) is 12.1 Å². The third kappa shape index (κ3) is 3.08. The number of fused-ring (bicyclic) bond motifs is 1. The predicted molar refractivity (Wildman–Crippen MR) is 83.9 cm³/mol. The maximum Gasteiger partial charge on any atom is 0.300 e. The third-order valence-electron chi connectivity index (χ3n) is 2.99. The second-order valence-corrected chi connectivity index (χ2v) is 4.74. The first-order valence-corrected chi connectivity index (χ1v) is 6.90. The number of ether oxygens (including phenoxy) is 1. The molecule has 0 spiro atoms. The van der Waals surface area contributed by atoms with Gasteiger partial charge in [0.2, 0.25) is 0 Å². The summed E-state index contributed by atoms with van der Waals surface area (Å²) in [5.41, 5.74) is 8.72. The number of nitrogens with zero attached hydrogens (tertiary/aromatic N) is 1. The number of hydrogen-bond acceptors (Lipinski definition) is 5. The molecule has 0 aliphatic carbocycles. The van der Waals surface area contributed by atoms with Crippen LogP contribution in [0.4, 0.5) is 17.4 Å². The highest BCUT2D eigenvalue weighted by Gasteiger charge is 2.06.